The molecule has 0 aromatic carbocycles. The van der Waals surface area contributed by atoms with E-state index in [0.29, 0.717) is 4.99 Å². The Hall–Kier alpha value is -0.230. The molecule has 0 amide bonds. The van der Waals surface area contributed by atoms with Crippen LogP contribution in [0.2, 0.25) is 0 Å². The van der Waals surface area contributed by atoms with Gasteiger partial charge in [0.25, 0.3) is 0 Å². The predicted molar refractivity (Wildman–Crippen MR) is 77.9 cm³/mol. The minimum atomic E-state index is -0.0437. The van der Waals surface area contributed by atoms with Gasteiger partial charge in [-0.25, -0.2) is 0 Å². The van der Waals surface area contributed by atoms with Gasteiger partial charge in [-0.2, -0.15) is 0 Å². The summed E-state index contributed by atoms with van der Waals surface area (Å²) < 4.78 is 5.56. The Balaban J connectivity index is 1.74. The Labute approximate surface area is 115 Å². The van der Waals surface area contributed by atoms with Gasteiger partial charge in [-0.05, 0) is 39.4 Å². The lowest BCUT2D eigenvalue weighted by atomic mass is 10.00. The molecule has 5 heteroatoms. The van der Waals surface area contributed by atoms with Crippen molar-refractivity contribution in [2.24, 2.45) is 5.73 Å². The highest BCUT2D eigenvalue weighted by Gasteiger charge is 2.24. The van der Waals surface area contributed by atoms with Crippen molar-refractivity contribution < 1.29 is 4.74 Å². The van der Waals surface area contributed by atoms with Crippen molar-refractivity contribution in [2.75, 3.05) is 39.8 Å². The maximum absolute atomic E-state index is 5.66. The van der Waals surface area contributed by atoms with Crippen LogP contribution in [0, 0.1) is 0 Å². The first-order valence-corrected chi connectivity index (χ1v) is 7.41. The largest absolute Gasteiger partial charge is 0.391 e. The number of morpholine rings is 1. The summed E-state index contributed by atoms with van der Waals surface area (Å²) in [7, 11) is 2.25. The number of likely N-dealkylation sites (tertiary alicyclic amines) is 1. The van der Waals surface area contributed by atoms with Gasteiger partial charge in [-0.15, -0.1) is 0 Å². The van der Waals surface area contributed by atoms with E-state index in [1.807, 2.05) is 0 Å². The highest BCUT2D eigenvalue weighted by atomic mass is 32.1. The molecule has 104 valence electrons. The summed E-state index contributed by atoms with van der Waals surface area (Å²) in [6, 6.07) is 0.755. The maximum Gasteiger partial charge on any atom is 0.120 e. The molecule has 2 aliphatic rings. The van der Waals surface area contributed by atoms with Gasteiger partial charge in [0.1, 0.15) is 11.1 Å². The molecule has 0 saturated carbocycles. The molecule has 2 rings (SSSR count). The molecule has 0 aromatic rings. The SMILES string of the molecule is CN1CCCCC1CCN1CCOC(C(N)=S)C1. The van der Waals surface area contributed by atoms with Gasteiger partial charge < -0.3 is 15.4 Å². The summed E-state index contributed by atoms with van der Waals surface area (Å²) in [6.45, 7) is 5.02. The zero-order valence-corrected chi connectivity index (χ0v) is 12.1. The van der Waals surface area contributed by atoms with Crippen molar-refractivity contribution in [3.8, 4) is 0 Å². The quantitative estimate of drug-likeness (QED) is 0.768. The molecule has 2 aliphatic heterocycles. The van der Waals surface area contributed by atoms with Gasteiger partial charge in [0.05, 0.1) is 6.61 Å². The van der Waals surface area contributed by atoms with Gasteiger partial charge >= 0.3 is 0 Å². The summed E-state index contributed by atoms with van der Waals surface area (Å²) >= 11 is 5.01. The highest BCUT2D eigenvalue weighted by Crippen LogP contribution is 2.18. The molecule has 0 spiro atoms. The van der Waals surface area contributed by atoms with Crippen molar-refractivity contribution in [3.05, 3.63) is 0 Å². The molecule has 0 radical (unpaired) electrons. The standard InChI is InChI=1S/C13H25N3OS/c1-15-6-3-2-4-11(15)5-7-16-8-9-17-12(10-16)13(14)18/h11-12H,2-10H2,1H3,(H2,14,18). The maximum atomic E-state index is 5.66. The predicted octanol–water partition coefficient (Wildman–Crippen LogP) is 0.848. The van der Waals surface area contributed by atoms with Crippen LogP contribution in [0.5, 0.6) is 0 Å². The fourth-order valence-electron chi connectivity index (χ4n) is 2.92. The van der Waals surface area contributed by atoms with Gasteiger partial charge in [0.2, 0.25) is 0 Å². The Kier molecular flexibility index (Phi) is 5.36. The van der Waals surface area contributed by atoms with E-state index in [0.717, 1.165) is 32.3 Å². The summed E-state index contributed by atoms with van der Waals surface area (Å²) in [5, 5.41) is 0. The number of rotatable bonds is 4. The van der Waals surface area contributed by atoms with E-state index in [9.17, 15) is 0 Å². The van der Waals surface area contributed by atoms with Crippen molar-refractivity contribution >= 4 is 17.2 Å². The topological polar surface area (TPSA) is 41.7 Å². The molecule has 0 bridgehead atoms. The van der Waals surface area contributed by atoms with E-state index in [4.69, 9.17) is 22.7 Å². The second kappa shape index (κ2) is 6.80. The van der Waals surface area contributed by atoms with Crippen molar-refractivity contribution in [3.63, 3.8) is 0 Å². The van der Waals surface area contributed by atoms with Gasteiger partial charge in [0.15, 0.2) is 0 Å². The number of ether oxygens (including phenoxy) is 1. The first-order chi connectivity index (χ1) is 8.66. The highest BCUT2D eigenvalue weighted by molar-refractivity contribution is 7.80. The Morgan fingerprint density at radius 2 is 2.22 bits per heavy atom. The first kappa shape index (κ1) is 14.2. The third-order valence-corrected chi connectivity index (χ3v) is 4.43. The summed E-state index contributed by atoms with van der Waals surface area (Å²) in [6.07, 6.45) is 5.29. The monoisotopic (exact) mass is 271 g/mol. The van der Waals surface area contributed by atoms with E-state index in [1.165, 1.54) is 32.2 Å². The minimum absolute atomic E-state index is 0.0437. The van der Waals surface area contributed by atoms with Crippen LogP contribution in [0.4, 0.5) is 0 Å². The number of hydrogen-bond donors (Lipinski definition) is 1. The molecular formula is C13H25N3OS. The average molecular weight is 271 g/mol. The summed E-state index contributed by atoms with van der Waals surface area (Å²) in [5.41, 5.74) is 5.66. The Morgan fingerprint density at radius 1 is 1.39 bits per heavy atom. The van der Waals surface area contributed by atoms with Gasteiger partial charge in [-0.3, -0.25) is 4.90 Å². The third-order valence-electron chi connectivity index (χ3n) is 4.17. The molecule has 2 saturated heterocycles. The van der Waals surface area contributed by atoms with E-state index in [2.05, 4.69) is 16.8 Å². The fourth-order valence-corrected chi connectivity index (χ4v) is 3.06. The van der Waals surface area contributed by atoms with E-state index in [-0.39, 0.29) is 6.10 Å². The molecule has 0 aromatic heterocycles. The summed E-state index contributed by atoms with van der Waals surface area (Å²) in [4.78, 5) is 5.44. The molecule has 2 N–H and O–H groups in total. The number of piperidine rings is 1. The van der Waals surface area contributed by atoms with Crippen LogP contribution in [-0.4, -0.2) is 66.8 Å². The normalized spacial score (nSPS) is 31.4. The van der Waals surface area contributed by atoms with Crippen molar-refractivity contribution in [1.29, 1.82) is 0 Å². The van der Waals surface area contributed by atoms with Crippen LogP contribution in [0.1, 0.15) is 25.7 Å². The molecule has 2 atom stereocenters. The van der Waals surface area contributed by atoms with Crippen molar-refractivity contribution in [1.82, 2.24) is 9.80 Å². The molecule has 18 heavy (non-hydrogen) atoms. The fraction of sp³-hybridized carbons (Fsp3) is 0.923. The lowest BCUT2D eigenvalue weighted by Crippen LogP contribution is -2.49. The molecule has 4 nitrogen and oxygen atoms in total. The number of thiocarbonyl (C=S) groups is 1. The molecule has 2 heterocycles. The first-order valence-electron chi connectivity index (χ1n) is 7.00. The zero-order valence-electron chi connectivity index (χ0n) is 11.3. The Morgan fingerprint density at radius 3 is 2.94 bits per heavy atom. The van der Waals surface area contributed by atoms with Crippen LogP contribution in [-0.2, 0) is 4.74 Å². The molecule has 2 fully saturated rings. The third kappa shape index (κ3) is 3.88. The van der Waals surface area contributed by atoms with Crippen LogP contribution >= 0.6 is 12.2 Å². The van der Waals surface area contributed by atoms with Crippen LogP contribution < -0.4 is 5.73 Å². The second-order valence-electron chi connectivity index (χ2n) is 5.48. The Bertz CT molecular complexity index is 287. The van der Waals surface area contributed by atoms with Crippen LogP contribution in [0.3, 0.4) is 0 Å². The summed E-state index contributed by atoms with van der Waals surface area (Å²) in [5.74, 6) is 0. The zero-order chi connectivity index (χ0) is 13.0. The lowest BCUT2D eigenvalue weighted by Gasteiger charge is -2.36. The van der Waals surface area contributed by atoms with E-state index < -0.39 is 0 Å². The number of hydrogen-bond acceptors (Lipinski definition) is 4. The number of nitrogens with two attached hydrogens (primary N) is 1. The van der Waals surface area contributed by atoms with Gasteiger partial charge in [-0.1, -0.05) is 18.6 Å². The van der Waals surface area contributed by atoms with Crippen LogP contribution in [0.25, 0.3) is 0 Å². The van der Waals surface area contributed by atoms with E-state index in [1.54, 1.807) is 0 Å². The molecular weight excluding hydrogens is 246 g/mol. The average Bonchev–Trinajstić information content (AvgIpc) is 2.38. The van der Waals surface area contributed by atoms with Crippen LogP contribution in [0.15, 0.2) is 0 Å². The van der Waals surface area contributed by atoms with E-state index >= 15 is 0 Å². The lowest BCUT2D eigenvalue weighted by molar-refractivity contribution is 0.00338. The smallest absolute Gasteiger partial charge is 0.120 e. The minimum Gasteiger partial charge on any atom is -0.391 e. The molecule has 0 aliphatic carbocycles. The second-order valence-corrected chi connectivity index (χ2v) is 5.95. The van der Waals surface area contributed by atoms with Crippen molar-refractivity contribution in [2.45, 2.75) is 37.8 Å². The van der Waals surface area contributed by atoms with Gasteiger partial charge in [0, 0.05) is 19.1 Å². The molecule has 2 unspecified atom stereocenters. The number of nitrogens with zero attached hydrogens (tertiary/aromatic N) is 2.